The summed E-state index contributed by atoms with van der Waals surface area (Å²) in [7, 11) is 0. The van der Waals surface area contributed by atoms with Crippen LogP contribution in [0, 0.1) is 18.3 Å². The standard InChI is InChI=1S/C20H14N4/c1-14-9-10-24-19(13-22-20(24)23-14)16-7-4-6-15(11-16)18-8-3-2-5-17(18)12-21/h2-11,13H,1H3. The number of nitriles is 1. The average Bonchev–Trinajstić information content (AvgIpc) is 3.04. The molecule has 4 aromatic rings. The predicted octanol–water partition coefficient (Wildman–Crippen LogP) is 4.24. The van der Waals surface area contributed by atoms with Crippen LogP contribution in [0.1, 0.15) is 11.3 Å². The number of rotatable bonds is 2. The van der Waals surface area contributed by atoms with Crippen molar-refractivity contribution in [1.29, 1.82) is 5.26 Å². The Bertz CT molecular complexity index is 1090. The number of aryl methyl sites for hydroxylation is 1. The SMILES string of the molecule is Cc1ccn2c(-c3cccc(-c4ccccc4C#N)c3)cnc2n1. The number of fused-ring (bicyclic) bond motifs is 1. The summed E-state index contributed by atoms with van der Waals surface area (Å²) in [5.41, 5.74) is 5.58. The lowest BCUT2D eigenvalue weighted by Gasteiger charge is -2.07. The van der Waals surface area contributed by atoms with Crippen LogP contribution in [0.3, 0.4) is 0 Å². The van der Waals surface area contributed by atoms with Crippen LogP contribution in [0.15, 0.2) is 67.0 Å². The smallest absolute Gasteiger partial charge is 0.234 e. The fourth-order valence-electron chi connectivity index (χ4n) is 2.85. The first-order valence-electron chi connectivity index (χ1n) is 7.67. The second kappa shape index (κ2) is 5.64. The van der Waals surface area contributed by atoms with Crippen LogP contribution >= 0.6 is 0 Å². The van der Waals surface area contributed by atoms with Gasteiger partial charge in [-0.3, -0.25) is 4.40 Å². The molecular weight excluding hydrogens is 296 g/mol. The summed E-state index contributed by atoms with van der Waals surface area (Å²) in [6, 6.07) is 20.0. The number of hydrogen-bond acceptors (Lipinski definition) is 3. The molecule has 24 heavy (non-hydrogen) atoms. The first-order chi connectivity index (χ1) is 11.8. The third-order valence-electron chi connectivity index (χ3n) is 4.04. The van der Waals surface area contributed by atoms with Crippen molar-refractivity contribution in [2.24, 2.45) is 0 Å². The van der Waals surface area contributed by atoms with Crippen molar-refractivity contribution in [3.8, 4) is 28.5 Å². The van der Waals surface area contributed by atoms with Gasteiger partial charge in [-0.15, -0.1) is 0 Å². The van der Waals surface area contributed by atoms with Crippen molar-refractivity contribution < 1.29 is 0 Å². The van der Waals surface area contributed by atoms with E-state index in [1.807, 2.05) is 72.2 Å². The van der Waals surface area contributed by atoms with Crippen molar-refractivity contribution in [1.82, 2.24) is 14.4 Å². The Morgan fingerprint density at radius 1 is 1.00 bits per heavy atom. The lowest BCUT2D eigenvalue weighted by atomic mass is 9.98. The molecule has 2 aromatic heterocycles. The van der Waals surface area contributed by atoms with E-state index in [4.69, 9.17) is 0 Å². The highest BCUT2D eigenvalue weighted by atomic mass is 15.1. The molecule has 0 aliphatic rings. The molecule has 0 unspecified atom stereocenters. The maximum absolute atomic E-state index is 9.33. The summed E-state index contributed by atoms with van der Waals surface area (Å²) >= 11 is 0. The highest BCUT2D eigenvalue weighted by Gasteiger charge is 2.09. The molecule has 0 aliphatic carbocycles. The van der Waals surface area contributed by atoms with Gasteiger partial charge in [0, 0.05) is 17.5 Å². The van der Waals surface area contributed by atoms with Gasteiger partial charge in [0.15, 0.2) is 0 Å². The van der Waals surface area contributed by atoms with Crippen LogP contribution in [0.5, 0.6) is 0 Å². The minimum absolute atomic E-state index is 0.671. The predicted molar refractivity (Wildman–Crippen MR) is 93.3 cm³/mol. The fourth-order valence-corrected chi connectivity index (χ4v) is 2.85. The van der Waals surface area contributed by atoms with Crippen molar-refractivity contribution in [3.63, 3.8) is 0 Å². The maximum atomic E-state index is 9.33. The van der Waals surface area contributed by atoms with Crippen LogP contribution in [-0.4, -0.2) is 14.4 Å². The van der Waals surface area contributed by atoms with Crippen LogP contribution in [0.4, 0.5) is 0 Å². The molecular formula is C20H14N4. The van der Waals surface area contributed by atoms with Crippen molar-refractivity contribution in [2.75, 3.05) is 0 Å². The van der Waals surface area contributed by atoms with Crippen molar-refractivity contribution in [2.45, 2.75) is 6.92 Å². The first-order valence-corrected chi connectivity index (χ1v) is 7.67. The summed E-state index contributed by atoms with van der Waals surface area (Å²) < 4.78 is 1.97. The molecule has 2 aromatic carbocycles. The van der Waals surface area contributed by atoms with Gasteiger partial charge in [-0.1, -0.05) is 36.4 Å². The van der Waals surface area contributed by atoms with E-state index in [0.29, 0.717) is 11.3 Å². The molecule has 0 N–H and O–H groups in total. The molecule has 0 spiro atoms. The Hall–Kier alpha value is -3.45. The number of imidazole rings is 1. The molecule has 0 saturated carbocycles. The molecule has 2 heterocycles. The summed E-state index contributed by atoms with van der Waals surface area (Å²) in [6.45, 7) is 1.95. The van der Waals surface area contributed by atoms with E-state index >= 15 is 0 Å². The third-order valence-corrected chi connectivity index (χ3v) is 4.04. The Labute approximate surface area is 139 Å². The molecule has 0 fully saturated rings. The number of aromatic nitrogens is 3. The van der Waals surface area contributed by atoms with E-state index < -0.39 is 0 Å². The van der Waals surface area contributed by atoms with Crippen LogP contribution in [0.2, 0.25) is 0 Å². The summed E-state index contributed by atoms with van der Waals surface area (Å²) in [5.74, 6) is 0.688. The molecule has 0 atom stereocenters. The largest absolute Gasteiger partial charge is 0.284 e. The van der Waals surface area contributed by atoms with E-state index in [2.05, 4.69) is 22.1 Å². The van der Waals surface area contributed by atoms with E-state index in [1.165, 1.54) is 0 Å². The molecule has 0 amide bonds. The second-order valence-electron chi connectivity index (χ2n) is 5.62. The van der Waals surface area contributed by atoms with Crippen molar-refractivity contribution >= 4 is 5.78 Å². The zero-order chi connectivity index (χ0) is 16.5. The van der Waals surface area contributed by atoms with Gasteiger partial charge < -0.3 is 0 Å². The molecule has 114 valence electrons. The Kier molecular flexibility index (Phi) is 3.33. The Morgan fingerprint density at radius 3 is 2.71 bits per heavy atom. The van der Waals surface area contributed by atoms with E-state index in [-0.39, 0.29) is 0 Å². The highest BCUT2D eigenvalue weighted by Crippen LogP contribution is 2.28. The van der Waals surface area contributed by atoms with E-state index in [1.54, 1.807) is 0 Å². The third kappa shape index (κ3) is 2.33. The Balaban J connectivity index is 1.87. The molecule has 0 bridgehead atoms. The summed E-state index contributed by atoms with van der Waals surface area (Å²) in [6.07, 6.45) is 3.81. The van der Waals surface area contributed by atoms with Crippen LogP contribution in [0.25, 0.3) is 28.2 Å². The van der Waals surface area contributed by atoms with Gasteiger partial charge in [0.1, 0.15) is 0 Å². The van der Waals surface area contributed by atoms with Gasteiger partial charge in [0.2, 0.25) is 5.78 Å². The molecule has 0 radical (unpaired) electrons. The van der Waals surface area contributed by atoms with E-state index in [0.717, 1.165) is 28.1 Å². The zero-order valence-corrected chi connectivity index (χ0v) is 13.1. The molecule has 4 heteroatoms. The summed E-state index contributed by atoms with van der Waals surface area (Å²) in [4.78, 5) is 8.83. The van der Waals surface area contributed by atoms with Gasteiger partial charge in [0.25, 0.3) is 0 Å². The normalized spacial score (nSPS) is 10.7. The van der Waals surface area contributed by atoms with Crippen LogP contribution < -0.4 is 0 Å². The maximum Gasteiger partial charge on any atom is 0.234 e. The van der Waals surface area contributed by atoms with Gasteiger partial charge in [0.05, 0.1) is 23.5 Å². The number of nitrogens with zero attached hydrogens (tertiary/aromatic N) is 4. The monoisotopic (exact) mass is 310 g/mol. The molecule has 0 saturated heterocycles. The number of hydrogen-bond donors (Lipinski definition) is 0. The fraction of sp³-hybridized carbons (Fsp3) is 0.0500. The second-order valence-corrected chi connectivity index (χ2v) is 5.62. The lowest BCUT2D eigenvalue weighted by Crippen LogP contribution is -1.92. The minimum atomic E-state index is 0.671. The number of benzene rings is 2. The van der Waals surface area contributed by atoms with E-state index in [9.17, 15) is 5.26 Å². The van der Waals surface area contributed by atoms with Gasteiger partial charge in [-0.2, -0.15) is 5.26 Å². The minimum Gasteiger partial charge on any atom is -0.284 e. The molecule has 4 nitrogen and oxygen atoms in total. The van der Waals surface area contributed by atoms with Crippen LogP contribution in [-0.2, 0) is 0 Å². The quantitative estimate of drug-likeness (QED) is 0.556. The van der Waals surface area contributed by atoms with Gasteiger partial charge in [-0.05, 0) is 36.2 Å². The summed E-state index contributed by atoms with van der Waals surface area (Å²) in [5, 5.41) is 9.33. The topological polar surface area (TPSA) is 54.0 Å². The Morgan fingerprint density at radius 2 is 1.83 bits per heavy atom. The average molecular weight is 310 g/mol. The first kappa shape index (κ1) is 14.2. The highest BCUT2D eigenvalue weighted by molar-refractivity contribution is 5.75. The van der Waals surface area contributed by atoms with Gasteiger partial charge >= 0.3 is 0 Å². The van der Waals surface area contributed by atoms with Crippen molar-refractivity contribution in [3.05, 3.63) is 78.2 Å². The molecule has 4 rings (SSSR count). The van der Waals surface area contributed by atoms with Gasteiger partial charge in [-0.25, -0.2) is 9.97 Å². The lowest BCUT2D eigenvalue weighted by molar-refractivity contribution is 1.07. The molecule has 0 aliphatic heterocycles. The zero-order valence-electron chi connectivity index (χ0n) is 13.1.